The predicted molar refractivity (Wildman–Crippen MR) is 61.0 cm³/mol. The maximum Gasteiger partial charge on any atom is 0.258 e. The van der Waals surface area contributed by atoms with Gasteiger partial charge in [0.25, 0.3) is 5.56 Å². The Balaban J connectivity index is 0.000000162. The summed E-state index contributed by atoms with van der Waals surface area (Å²) < 4.78 is 0. The van der Waals surface area contributed by atoms with Crippen LogP contribution in [0.15, 0.2) is 54.1 Å². The van der Waals surface area contributed by atoms with Crippen molar-refractivity contribution in [2.45, 2.75) is 0 Å². The average Bonchev–Trinajstić information content (AvgIpc) is 2.88. The molecule has 2 N–H and O–H groups in total. The van der Waals surface area contributed by atoms with Gasteiger partial charge in [0.1, 0.15) is 0 Å². The van der Waals surface area contributed by atoms with Gasteiger partial charge in [-0.3, -0.25) is 4.79 Å². The Bertz CT molecular complexity index is 578. The van der Waals surface area contributed by atoms with Crippen LogP contribution in [0.4, 0.5) is 0 Å². The topological polar surface area (TPSA) is 74.4 Å². The molecule has 1 aromatic carbocycles. The smallest absolute Gasteiger partial charge is 0.258 e. The number of imidazole rings is 1. The Kier molecular flexibility index (Phi) is 3.08. The minimum atomic E-state index is -0.0874. The zero-order valence-electron chi connectivity index (χ0n) is 8.42. The third-order valence-corrected chi connectivity index (χ3v) is 1.95. The van der Waals surface area contributed by atoms with Gasteiger partial charge < -0.3 is 9.97 Å². The lowest BCUT2D eigenvalue weighted by atomic mass is 10.2. The fourth-order valence-electron chi connectivity index (χ4n) is 1.23. The lowest BCUT2D eigenvalue weighted by molar-refractivity contribution is 1.17. The first-order valence-electron chi connectivity index (χ1n) is 4.73. The second kappa shape index (κ2) is 4.88. The summed E-state index contributed by atoms with van der Waals surface area (Å²) >= 11 is 0. The molecule has 0 saturated carbocycles. The first-order valence-corrected chi connectivity index (χ1v) is 4.73. The summed E-state index contributed by atoms with van der Waals surface area (Å²) in [5.41, 5.74) is 0.645. The molecule has 3 aromatic rings. The number of aromatic nitrogens is 4. The first kappa shape index (κ1) is 10.1. The molecular formula is C11H10N4O. The Morgan fingerprint density at radius 2 is 2.00 bits per heavy atom. The summed E-state index contributed by atoms with van der Waals surface area (Å²) in [5.74, 6) is 0. The van der Waals surface area contributed by atoms with Gasteiger partial charge in [-0.1, -0.05) is 12.1 Å². The first-order chi connectivity index (χ1) is 7.88. The zero-order chi connectivity index (χ0) is 11.2. The van der Waals surface area contributed by atoms with E-state index in [0.29, 0.717) is 5.39 Å². The highest BCUT2D eigenvalue weighted by molar-refractivity contribution is 5.76. The molecule has 0 radical (unpaired) electrons. The minimum absolute atomic E-state index is 0.0874. The number of benzene rings is 1. The third kappa shape index (κ3) is 2.33. The van der Waals surface area contributed by atoms with Crippen LogP contribution in [0.25, 0.3) is 10.9 Å². The van der Waals surface area contributed by atoms with Crippen molar-refractivity contribution in [3.05, 3.63) is 59.7 Å². The number of H-pyrrole nitrogens is 2. The van der Waals surface area contributed by atoms with Crippen molar-refractivity contribution >= 4 is 10.9 Å². The Morgan fingerprint density at radius 3 is 2.62 bits per heavy atom. The van der Waals surface area contributed by atoms with Gasteiger partial charge in [0.2, 0.25) is 0 Å². The molecular weight excluding hydrogens is 204 g/mol. The highest BCUT2D eigenvalue weighted by Gasteiger charge is 1.94. The molecule has 0 bridgehead atoms. The molecule has 0 aliphatic carbocycles. The molecule has 80 valence electrons. The Hall–Kier alpha value is -2.43. The van der Waals surface area contributed by atoms with Gasteiger partial charge in [-0.25, -0.2) is 9.97 Å². The fourth-order valence-corrected chi connectivity index (χ4v) is 1.23. The summed E-state index contributed by atoms with van der Waals surface area (Å²) in [4.78, 5) is 24.0. The van der Waals surface area contributed by atoms with E-state index in [1.165, 1.54) is 6.33 Å². The number of hydrogen-bond acceptors (Lipinski definition) is 3. The lowest BCUT2D eigenvalue weighted by Gasteiger charge is -1.91. The van der Waals surface area contributed by atoms with Crippen molar-refractivity contribution < 1.29 is 0 Å². The standard InChI is InChI=1S/C8H6N2O.C3H4N2/c11-8-6-3-1-2-4-7(6)9-5-10-8;1-2-5-3-4-1/h1-5H,(H,9,10,11);1-3H,(H,4,5). The molecule has 16 heavy (non-hydrogen) atoms. The van der Waals surface area contributed by atoms with E-state index in [1.54, 1.807) is 24.8 Å². The van der Waals surface area contributed by atoms with Crippen molar-refractivity contribution in [2.24, 2.45) is 0 Å². The number of para-hydroxylation sites is 1. The number of fused-ring (bicyclic) bond motifs is 1. The second-order valence-corrected chi connectivity index (χ2v) is 3.01. The number of aromatic amines is 2. The quantitative estimate of drug-likeness (QED) is 0.593. The van der Waals surface area contributed by atoms with Crippen molar-refractivity contribution in [3.63, 3.8) is 0 Å². The Labute approximate surface area is 91.2 Å². The van der Waals surface area contributed by atoms with E-state index in [0.717, 1.165) is 5.52 Å². The maximum absolute atomic E-state index is 11.1. The summed E-state index contributed by atoms with van der Waals surface area (Å²) in [6.07, 6.45) is 6.49. The molecule has 0 aliphatic heterocycles. The summed E-state index contributed by atoms with van der Waals surface area (Å²) in [6.45, 7) is 0. The molecule has 5 heteroatoms. The highest BCUT2D eigenvalue weighted by atomic mass is 16.1. The molecule has 0 spiro atoms. The zero-order valence-corrected chi connectivity index (χ0v) is 8.42. The molecule has 0 saturated heterocycles. The van der Waals surface area contributed by atoms with Crippen LogP contribution in [0.3, 0.4) is 0 Å². The fraction of sp³-hybridized carbons (Fsp3) is 0. The van der Waals surface area contributed by atoms with Crippen molar-refractivity contribution in [3.8, 4) is 0 Å². The van der Waals surface area contributed by atoms with Crippen molar-refractivity contribution in [2.75, 3.05) is 0 Å². The van der Waals surface area contributed by atoms with E-state index in [1.807, 2.05) is 18.2 Å². The van der Waals surface area contributed by atoms with Gasteiger partial charge in [-0.05, 0) is 12.1 Å². The molecule has 2 aromatic heterocycles. The molecule has 0 fully saturated rings. The van der Waals surface area contributed by atoms with Crippen molar-refractivity contribution in [1.82, 2.24) is 19.9 Å². The molecule has 0 unspecified atom stereocenters. The van der Waals surface area contributed by atoms with E-state index in [4.69, 9.17) is 0 Å². The number of hydrogen-bond donors (Lipinski definition) is 2. The molecule has 0 amide bonds. The third-order valence-electron chi connectivity index (χ3n) is 1.95. The average molecular weight is 214 g/mol. The van der Waals surface area contributed by atoms with Crippen LogP contribution >= 0.6 is 0 Å². The van der Waals surface area contributed by atoms with Crippen LogP contribution in [0.1, 0.15) is 0 Å². The minimum Gasteiger partial charge on any atom is -0.351 e. The van der Waals surface area contributed by atoms with Crippen molar-refractivity contribution in [1.29, 1.82) is 0 Å². The molecule has 0 aliphatic rings. The molecule has 2 heterocycles. The van der Waals surface area contributed by atoms with Gasteiger partial charge in [-0.2, -0.15) is 0 Å². The van der Waals surface area contributed by atoms with Gasteiger partial charge in [0.05, 0.1) is 23.6 Å². The molecule has 5 nitrogen and oxygen atoms in total. The SMILES string of the molecule is O=c1[nH]cnc2ccccc12.c1c[nH]cn1. The maximum atomic E-state index is 11.1. The van der Waals surface area contributed by atoms with E-state index in [-0.39, 0.29) is 5.56 Å². The van der Waals surface area contributed by atoms with E-state index in [2.05, 4.69) is 19.9 Å². The van der Waals surface area contributed by atoms with Crippen LogP contribution in [0.2, 0.25) is 0 Å². The lowest BCUT2D eigenvalue weighted by Crippen LogP contribution is -2.05. The Morgan fingerprint density at radius 1 is 1.12 bits per heavy atom. The van der Waals surface area contributed by atoms with E-state index in [9.17, 15) is 4.79 Å². The monoisotopic (exact) mass is 214 g/mol. The van der Waals surface area contributed by atoms with Crippen LogP contribution in [0.5, 0.6) is 0 Å². The van der Waals surface area contributed by atoms with Crippen LogP contribution in [0, 0.1) is 0 Å². The van der Waals surface area contributed by atoms with Crippen LogP contribution in [-0.2, 0) is 0 Å². The summed E-state index contributed by atoms with van der Waals surface area (Å²) in [6, 6.07) is 7.24. The van der Waals surface area contributed by atoms with Crippen LogP contribution < -0.4 is 5.56 Å². The number of nitrogens with one attached hydrogen (secondary N) is 2. The van der Waals surface area contributed by atoms with Gasteiger partial charge in [0, 0.05) is 12.4 Å². The summed E-state index contributed by atoms with van der Waals surface area (Å²) in [5, 5.41) is 0.634. The van der Waals surface area contributed by atoms with Gasteiger partial charge in [-0.15, -0.1) is 0 Å². The summed E-state index contributed by atoms with van der Waals surface area (Å²) in [7, 11) is 0. The van der Waals surface area contributed by atoms with Gasteiger partial charge >= 0.3 is 0 Å². The van der Waals surface area contributed by atoms with Crippen LogP contribution in [-0.4, -0.2) is 19.9 Å². The molecule has 3 rings (SSSR count). The molecule has 0 atom stereocenters. The normalized spacial score (nSPS) is 9.50. The number of rotatable bonds is 0. The van der Waals surface area contributed by atoms with E-state index < -0.39 is 0 Å². The van der Waals surface area contributed by atoms with E-state index >= 15 is 0 Å². The highest BCUT2D eigenvalue weighted by Crippen LogP contribution is 2.02. The largest absolute Gasteiger partial charge is 0.351 e. The second-order valence-electron chi connectivity index (χ2n) is 3.01. The van der Waals surface area contributed by atoms with Gasteiger partial charge in [0.15, 0.2) is 0 Å². The predicted octanol–water partition coefficient (Wildman–Crippen LogP) is 1.33. The number of nitrogens with zero attached hydrogens (tertiary/aromatic N) is 2.